The van der Waals surface area contributed by atoms with E-state index >= 15 is 0 Å². The molecule has 4 aromatic heterocycles. The number of hydrogen-bond acceptors (Lipinski definition) is 4. The van der Waals surface area contributed by atoms with Gasteiger partial charge in [0, 0.05) is 23.4 Å². The van der Waals surface area contributed by atoms with Gasteiger partial charge in [-0.05, 0) is 36.8 Å². The van der Waals surface area contributed by atoms with E-state index in [0.29, 0.717) is 23.5 Å². The molecule has 9 heteroatoms. The molecule has 0 N–H and O–H groups in total. The van der Waals surface area contributed by atoms with Crippen molar-refractivity contribution in [2.24, 2.45) is 7.05 Å². The van der Waals surface area contributed by atoms with E-state index in [4.69, 9.17) is 4.42 Å². The summed E-state index contributed by atoms with van der Waals surface area (Å²) < 4.78 is 12.8. The molecule has 30 heavy (non-hydrogen) atoms. The zero-order chi connectivity index (χ0) is 21.0. The first kappa shape index (κ1) is 18.7. The Balaban J connectivity index is 1.72. The zero-order valence-corrected chi connectivity index (χ0v) is 18.0. The molecule has 0 aliphatic rings. The lowest BCUT2D eigenvalue weighted by Crippen LogP contribution is -2.39. The Morgan fingerprint density at radius 2 is 1.83 bits per heavy atom. The molecular formula is C21H18BrN5O3. The highest BCUT2D eigenvalue weighted by atomic mass is 79.9. The van der Waals surface area contributed by atoms with Crippen molar-refractivity contribution < 1.29 is 4.42 Å². The molecule has 5 aromatic rings. The molecule has 0 unspecified atom stereocenters. The number of imidazole rings is 2. The van der Waals surface area contributed by atoms with Gasteiger partial charge < -0.3 is 8.98 Å². The number of aryl methyl sites for hydroxylation is 2. The van der Waals surface area contributed by atoms with E-state index in [1.807, 2.05) is 54.1 Å². The van der Waals surface area contributed by atoms with E-state index in [1.165, 1.54) is 9.13 Å². The Hall–Kier alpha value is -3.33. The first-order valence-corrected chi connectivity index (χ1v) is 10.2. The van der Waals surface area contributed by atoms with E-state index in [1.54, 1.807) is 17.7 Å². The molecule has 0 fully saturated rings. The summed E-state index contributed by atoms with van der Waals surface area (Å²) in [4.78, 5) is 30.9. The van der Waals surface area contributed by atoms with Crippen LogP contribution in [0.15, 0.2) is 67.3 Å². The lowest BCUT2D eigenvalue weighted by atomic mass is 10.2. The first-order valence-electron chi connectivity index (χ1n) is 9.38. The molecule has 0 amide bonds. The summed E-state index contributed by atoms with van der Waals surface area (Å²) >= 11 is 3.40. The van der Waals surface area contributed by atoms with Gasteiger partial charge in [-0.25, -0.2) is 4.79 Å². The van der Waals surface area contributed by atoms with Gasteiger partial charge >= 0.3 is 5.69 Å². The fraction of sp³-hybridized carbons (Fsp3) is 0.190. The molecule has 8 nitrogen and oxygen atoms in total. The molecule has 0 aliphatic carbocycles. The number of furan rings is 1. The van der Waals surface area contributed by atoms with Crippen molar-refractivity contribution in [1.82, 2.24) is 23.1 Å². The first-order chi connectivity index (χ1) is 14.4. The smallest absolute Gasteiger partial charge is 0.332 e. The number of nitrogens with zero attached hydrogens (tertiary/aromatic N) is 5. The maximum Gasteiger partial charge on any atom is 0.332 e. The second kappa shape index (κ2) is 6.88. The largest absolute Gasteiger partial charge is 0.467 e. The van der Waals surface area contributed by atoms with E-state index in [2.05, 4.69) is 20.9 Å². The van der Waals surface area contributed by atoms with Crippen molar-refractivity contribution in [3.05, 3.63) is 91.2 Å². The molecule has 0 atom stereocenters. The highest BCUT2D eigenvalue weighted by Gasteiger charge is 2.20. The maximum absolute atomic E-state index is 13.3. The molecule has 0 bridgehead atoms. The topological polar surface area (TPSA) is 79.4 Å². The molecule has 5 rings (SSSR count). The Labute approximate surface area is 178 Å². The van der Waals surface area contributed by atoms with Crippen LogP contribution in [0.25, 0.3) is 16.9 Å². The Morgan fingerprint density at radius 1 is 1.07 bits per heavy atom. The molecule has 1 aromatic carbocycles. The van der Waals surface area contributed by atoms with Crippen molar-refractivity contribution >= 4 is 32.9 Å². The van der Waals surface area contributed by atoms with E-state index < -0.39 is 5.69 Å². The summed E-state index contributed by atoms with van der Waals surface area (Å²) in [5.74, 6) is 1.37. The van der Waals surface area contributed by atoms with E-state index in [-0.39, 0.29) is 12.1 Å². The third-order valence-corrected chi connectivity index (χ3v) is 5.82. The fourth-order valence-corrected chi connectivity index (χ4v) is 3.99. The van der Waals surface area contributed by atoms with Gasteiger partial charge in [0.1, 0.15) is 5.76 Å². The Morgan fingerprint density at radius 3 is 2.53 bits per heavy atom. The Kier molecular flexibility index (Phi) is 4.28. The number of benzene rings is 1. The van der Waals surface area contributed by atoms with Crippen molar-refractivity contribution in [3.63, 3.8) is 0 Å². The predicted molar refractivity (Wildman–Crippen MR) is 116 cm³/mol. The van der Waals surface area contributed by atoms with Crippen LogP contribution in [-0.2, 0) is 20.1 Å². The SMILES string of the molecule is Cc1cn2c3c(=O)n(Cc4ccc(Br)cc4)c(=O)n(C)c3nc2n1Cc1ccco1. The minimum Gasteiger partial charge on any atom is -0.467 e. The lowest BCUT2D eigenvalue weighted by Gasteiger charge is -2.08. The van der Waals surface area contributed by atoms with Crippen LogP contribution in [0.4, 0.5) is 0 Å². The fourth-order valence-electron chi connectivity index (χ4n) is 3.72. The summed E-state index contributed by atoms with van der Waals surface area (Å²) in [6.45, 7) is 2.62. The summed E-state index contributed by atoms with van der Waals surface area (Å²) in [7, 11) is 1.64. The summed E-state index contributed by atoms with van der Waals surface area (Å²) in [5.41, 5.74) is 1.78. The lowest BCUT2D eigenvalue weighted by molar-refractivity contribution is 0.494. The number of hydrogen-bond donors (Lipinski definition) is 0. The summed E-state index contributed by atoms with van der Waals surface area (Å²) in [5, 5.41) is 0. The Bertz CT molecular complexity index is 1500. The molecule has 0 radical (unpaired) electrons. The molecule has 4 heterocycles. The average Bonchev–Trinajstić information content (AvgIpc) is 3.43. The van der Waals surface area contributed by atoms with Gasteiger partial charge in [-0.3, -0.25) is 18.3 Å². The van der Waals surface area contributed by atoms with Crippen LogP contribution in [0, 0.1) is 6.92 Å². The summed E-state index contributed by atoms with van der Waals surface area (Å²) in [6.07, 6.45) is 3.49. The highest BCUT2D eigenvalue weighted by molar-refractivity contribution is 9.10. The van der Waals surface area contributed by atoms with E-state index in [0.717, 1.165) is 21.5 Å². The van der Waals surface area contributed by atoms with Crippen LogP contribution in [0.5, 0.6) is 0 Å². The molecule has 0 spiro atoms. The minimum atomic E-state index is -0.398. The quantitative estimate of drug-likeness (QED) is 0.407. The van der Waals surface area contributed by atoms with Crippen LogP contribution >= 0.6 is 15.9 Å². The van der Waals surface area contributed by atoms with Gasteiger partial charge in [-0.15, -0.1) is 0 Å². The highest BCUT2D eigenvalue weighted by Crippen LogP contribution is 2.18. The van der Waals surface area contributed by atoms with Gasteiger partial charge in [0.15, 0.2) is 11.2 Å². The normalized spacial score (nSPS) is 11.7. The van der Waals surface area contributed by atoms with Crippen molar-refractivity contribution in [2.75, 3.05) is 0 Å². The molecule has 152 valence electrons. The molecular weight excluding hydrogens is 450 g/mol. The van der Waals surface area contributed by atoms with Crippen LogP contribution in [-0.4, -0.2) is 23.1 Å². The molecule has 0 saturated carbocycles. The average molecular weight is 468 g/mol. The number of aromatic nitrogens is 5. The monoisotopic (exact) mass is 467 g/mol. The van der Waals surface area contributed by atoms with Crippen LogP contribution in [0.3, 0.4) is 0 Å². The predicted octanol–water partition coefficient (Wildman–Crippen LogP) is 2.91. The third kappa shape index (κ3) is 2.85. The van der Waals surface area contributed by atoms with Crippen LogP contribution < -0.4 is 11.2 Å². The zero-order valence-electron chi connectivity index (χ0n) is 16.4. The number of halogens is 1. The summed E-state index contributed by atoms with van der Waals surface area (Å²) in [6, 6.07) is 11.3. The van der Waals surface area contributed by atoms with Gasteiger partial charge in [0.2, 0.25) is 5.78 Å². The number of fused-ring (bicyclic) bond motifs is 3. The van der Waals surface area contributed by atoms with Crippen LogP contribution in [0.2, 0.25) is 0 Å². The standard InChI is InChI=1S/C21H18BrN5O3/c1-13-10-26-17-18(23-20(26)25(13)12-16-4-3-9-30-16)24(2)21(29)27(19(17)28)11-14-5-7-15(22)8-6-14/h3-10H,11-12H2,1-2H3. The minimum absolute atomic E-state index is 0.189. The van der Waals surface area contributed by atoms with Crippen molar-refractivity contribution in [1.29, 1.82) is 0 Å². The van der Waals surface area contributed by atoms with Gasteiger partial charge in [-0.2, -0.15) is 4.98 Å². The maximum atomic E-state index is 13.3. The van der Waals surface area contributed by atoms with Crippen molar-refractivity contribution in [2.45, 2.75) is 20.0 Å². The van der Waals surface area contributed by atoms with Crippen LogP contribution in [0.1, 0.15) is 17.0 Å². The van der Waals surface area contributed by atoms with E-state index in [9.17, 15) is 9.59 Å². The van der Waals surface area contributed by atoms with Gasteiger partial charge in [0.05, 0.1) is 19.4 Å². The molecule has 0 saturated heterocycles. The van der Waals surface area contributed by atoms with Gasteiger partial charge in [-0.1, -0.05) is 28.1 Å². The van der Waals surface area contributed by atoms with Crippen molar-refractivity contribution in [3.8, 4) is 0 Å². The molecule has 0 aliphatic heterocycles. The second-order valence-corrected chi connectivity index (χ2v) is 8.17. The van der Waals surface area contributed by atoms with Gasteiger partial charge in [0.25, 0.3) is 5.56 Å². The number of rotatable bonds is 4. The third-order valence-electron chi connectivity index (χ3n) is 5.29. The second-order valence-electron chi connectivity index (χ2n) is 7.25.